The number of ketones is 1. The molecule has 0 spiro atoms. The Kier molecular flexibility index (Phi) is 5.94. The number of benzene rings is 1. The van der Waals surface area contributed by atoms with Gasteiger partial charge in [0.2, 0.25) is 0 Å². The number of piperidine rings is 1. The van der Waals surface area contributed by atoms with Crippen LogP contribution in [0, 0.1) is 18.3 Å². The third-order valence-electron chi connectivity index (χ3n) is 7.23. The van der Waals surface area contributed by atoms with Crippen LogP contribution in [0.3, 0.4) is 0 Å². The Hall–Kier alpha value is -4.07. The lowest BCUT2D eigenvalue weighted by Gasteiger charge is -2.41. The van der Waals surface area contributed by atoms with Gasteiger partial charge >= 0.3 is 0 Å². The fraction of sp³-hybridized carbons (Fsp3) is 0.370. The Morgan fingerprint density at radius 3 is 2.73 bits per heavy atom. The van der Waals surface area contributed by atoms with Gasteiger partial charge in [0.25, 0.3) is 0 Å². The summed E-state index contributed by atoms with van der Waals surface area (Å²) in [6.45, 7) is 7.02. The Morgan fingerprint density at radius 2 is 2.03 bits per heavy atom. The molecule has 4 aromatic rings. The second-order valence-corrected chi connectivity index (χ2v) is 9.62. The number of carbonyl (C=O) groups is 1. The van der Waals surface area contributed by atoms with Crippen LogP contribution in [0.4, 0.5) is 0 Å². The highest BCUT2D eigenvalue weighted by atomic mass is 16.5. The van der Waals surface area contributed by atoms with E-state index >= 15 is 0 Å². The van der Waals surface area contributed by atoms with Gasteiger partial charge in [0.05, 0.1) is 41.5 Å². The van der Waals surface area contributed by atoms with E-state index in [0.717, 1.165) is 55.9 Å². The van der Waals surface area contributed by atoms with Crippen LogP contribution in [0.25, 0.3) is 28.1 Å². The number of hydrogen-bond acceptors (Lipinski definition) is 8. The molecule has 0 aliphatic carbocycles. The van der Waals surface area contributed by atoms with Crippen molar-refractivity contribution in [1.82, 2.24) is 29.6 Å². The molecule has 0 radical (unpaired) electrons. The van der Waals surface area contributed by atoms with E-state index < -0.39 is 0 Å². The number of nitriles is 1. The molecular weight excluding hydrogens is 470 g/mol. The molecule has 2 fully saturated rings. The van der Waals surface area contributed by atoms with Gasteiger partial charge in [-0.15, -0.1) is 0 Å². The van der Waals surface area contributed by atoms with Crippen molar-refractivity contribution >= 4 is 16.8 Å². The zero-order valence-corrected chi connectivity index (χ0v) is 20.8. The number of hydrogen-bond donors (Lipinski definition) is 1. The van der Waals surface area contributed by atoms with Crippen molar-refractivity contribution in [2.75, 3.05) is 26.3 Å². The van der Waals surface area contributed by atoms with Crippen LogP contribution in [0.1, 0.15) is 41.5 Å². The molecule has 188 valence electrons. The minimum atomic E-state index is -0.138. The Labute approximate surface area is 213 Å². The Bertz CT molecular complexity index is 1520. The summed E-state index contributed by atoms with van der Waals surface area (Å²) < 4.78 is 13.6. The molecule has 0 atom stereocenters. The molecule has 37 heavy (non-hydrogen) atoms. The number of H-pyrrole nitrogens is 1. The van der Waals surface area contributed by atoms with Gasteiger partial charge in [0, 0.05) is 30.4 Å². The number of aromatic amines is 1. The number of fused-ring (bicyclic) bond motifs is 1. The van der Waals surface area contributed by atoms with Crippen LogP contribution in [0.15, 0.2) is 36.7 Å². The van der Waals surface area contributed by atoms with E-state index in [4.69, 9.17) is 14.5 Å². The fourth-order valence-electron chi connectivity index (χ4n) is 5.09. The number of ether oxygens (including phenoxy) is 2. The lowest BCUT2D eigenvalue weighted by atomic mass is 10.0. The van der Waals surface area contributed by atoms with Crippen molar-refractivity contribution in [3.63, 3.8) is 0 Å². The van der Waals surface area contributed by atoms with Crippen LogP contribution < -0.4 is 4.74 Å². The maximum Gasteiger partial charge on any atom is 0.171 e. The fourth-order valence-corrected chi connectivity index (χ4v) is 5.09. The predicted octanol–water partition coefficient (Wildman–Crippen LogP) is 3.44. The summed E-state index contributed by atoms with van der Waals surface area (Å²) in [5, 5.41) is 16.4. The maximum absolute atomic E-state index is 12.4. The molecule has 10 nitrogen and oxygen atoms in total. The summed E-state index contributed by atoms with van der Waals surface area (Å²) in [5.41, 5.74) is 3.91. The number of aryl methyl sites for hydroxylation is 1. The Morgan fingerprint density at radius 1 is 1.22 bits per heavy atom. The second kappa shape index (κ2) is 9.42. The van der Waals surface area contributed by atoms with E-state index in [0.29, 0.717) is 34.4 Å². The van der Waals surface area contributed by atoms with E-state index in [-0.39, 0.29) is 17.6 Å². The first-order valence-corrected chi connectivity index (χ1v) is 12.4. The molecule has 1 N–H and O–H groups in total. The lowest BCUT2D eigenvalue weighted by molar-refractivity contribution is -0.0778. The number of aromatic nitrogens is 5. The number of carbonyl (C=O) groups excluding carboxylic acids is 1. The molecule has 0 unspecified atom stereocenters. The van der Waals surface area contributed by atoms with Gasteiger partial charge in [0.15, 0.2) is 11.5 Å². The number of Topliss-reactive ketones (excluding diaryl/α,β-unsaturated/α-hetero) is 1. The first-order chi connectivity index (χ1) is 18.0. The van der Waals surface area contributed by atoms with Gasteiger partial charge in [-0.25, -0.2) is 9.97 Å². The van der Waals surface area contributed by atoms with E-state index in [2.05, 4.69) is 26.2 Å². The van der Waals surface area contributed by atoms with Gasteiger partial charge in [-0.05, 0) is 51.0 Å². The summed E-state index contributed by atoms with van der Waals surface area (Å²) in [7, 11) is 0. The van der Waals surface area contributed by atoms with E-state index in [1.54, 1.807) is 18.5 Å². The predicted molar refractivity (Wildman–Crippen MR) is 136 cm³/mol. The SMILES string of the molecule is CC(=O)c1ccc(-n2cnc3ccc(OC4CCN(C5COC5)CC4)cc32)nc1-c1c(C#N)n[nH]c1C. The summed E-state index contributed by atoms with van der Waals surface area (Å²) >= 11 is 0. The number of nitrogens with one attached hydrogen (secondary N) is 1. The van der Waals surface area contributed by atoms with Gasteiger partial charge in [0.1, 0.15) is 30.1 Å². The molecule has 10 heteroatoms. The van der Waals surface area contributed by atoms with Gasteiger partial charge in [-0.3, -0.25) is 19.4 Å². The van der Waals surface area contributed by atoms with Crippen molar-refractivity contribution in [1.29, 1.82) is 5.26 Å². The van der Waals surface area contributed by atoms with Crippen molar-refractivity contribution < 1.29 is 14.3 Å². The standard InChI is InChI=1S/C27H27N7O3/c1-16-26(23(12-28)32-31-16)27-21(17(2)35)4-6-25(30-27)34-15-29-22-5-3-20(11-24(22)34)37-19-7-9-33(10-8-19)18-13-36-14-18/h3-6,11,15,18-19H,7-10,13-14H2,1-2H3,(H,31,32). The topological polar surface area (TPSA) is 122 Å². The van der Waals surface area contributed by atoms with Crippen molar-refractivity contribution in [2.45, 2.75) is 38.8 Å². The average molecular weight is 498 g/mol. The highest BCUT2D eigenvalue weighted by molar-refractivity contribution is 6.00. The zero-order valence-electron chi connectivity index (χ0n) is 20.8. The molecule has 0 amide bonds. The third-order valence-corrected chi connectivity index (χ3v) is 7.23. The highest BCUT2D eigenvalue weighted by Crippen LogP contribution is 2.30. The van der Waals surface area contributed by atoms with E-state index in [1.807, 2.05) is 29.7 Å². The normalized spacial score (nSPS) is 17.0. The van der Waals surface area contributed by atoms with Gasteiger partial charge in [-0.1, -0.05) is 0 Å². The molecule has 2 aliphatic rings. The maximum atomic E-state index is 12.4. The summed E-state index contributed by atoms with van der Waals surface area (Å²) in [6.07, 6.45) is 3.84. The molecule has 0 bridgehead atoms. The van der Waals surface area contributed by atoms with Crippen molar-refractivity contribution in [3.8, 4) is 28.9 Å². The lowest BCUT2D eigenvalue weighted by Crippen LogP contribution is -2.52. The number of rotatable bonds is 6. The average Bonchev–Trinajstić information content (AvgIpc) is 3.46. The molecule has 0 saturated carbocycles. The minimum absolute atomic E-state index is 0.138. The quantitative estimate of drug-likeness (QED) is 0.402. The third kappa shape index (κ3) is 4.26. The summed E-state index contributed by atoms with van der Waals surface area (Å²) in [5.74, 6) is 1.23. The smallest absolute Gasteiger partial charge is 0.171 e. The monoisotopic (exact) mass is 497 g/mol. The van der Waals surface area contributed by atoms with Crippen LogP contribution in [-0.2, 0) is 4.74 Å². The molecule has 3 aromatic heterocycles. The molecule has 2 saturated heterocycles. The number of likely N-dealkylation sites (tertiary alicyclic amines) is 1. The molecule has 2 aliphatic heterocycles. The molecule has 1 aromatic carbocycles. The summed E-state index contributed by atoms with van der Waals surface area (Å²) in [4.78, 5) is 24.2. The zero-order chi connectivity index (χ0) is 25.5. The molecule has 5 heterocycles. The first-order valence-electron chi connectivity index (χ1n) is 12.4. The second-order valence-electron chi connectivity index (χ2n) is 9.62. The molecule has 6 rings (SSSR count). The first kappa shape index (κ1) is 23.3. The number of imidazole rings is 1. The molecular formula is C27H27N7O3. The van der Waals surface area contributed by atoms with Crippen molar-refractivity contribution in [3.05, 3.63) is 53.6 Å². The summed E-state index contributed by atoms with van der Waals surface area (Å²) in [6, 6.07) is 12.1. The van der Waals surface area contributed by atoms with Crippen molar-refractivity contribution in [2.24, 2.45) is 0 Å². The van der Waals surface area contributed by atoms with Crippen LogP contribution >= 0.6 is 0 Å². The number of pyridine rings is 1. The van der Waals surface area contributed by atoms with Crippen LogP contribution in [-0.4, -0.2) is 73.9 Å². The largest absolute Gasteiger partial charge is 0.490 e. The van der Waals surface area contributed by atoms with E-state index in [1.165, 1.54) is 6.92 Å². The van der Waals surface area contributed by atoms with Gasteiger partial charge in [-0.2, -0.15) is 10.4 Å². The minimum Gasteiger partial charge on any atom is -0.490 e. The van der Waals surface area contributed by atoms with Crippen LogP contribution in [0.5, 0.6) is 5.75 Å². The number of nitrogens with zero attached hydrogens (tertiary/aromatic N) is 6. The van der Waals surface area contributed by atoms with Gasteiger partial charge < -0.3 is 9.47 Å². The highest BCUT2D eigenvalue weighted by Gasteiger charge is 2.30. The Balaban J connectivity index is 1.31. The van der Waals surface area contributed by atoms with Crippen LogP contribution in [0.2, 0.25) is 0 Å². The van der Waals surface area contributed by atoms with E-state index in [9.17, 15) is 10.1 Å².